The molecule has 1 heterocycles. The third-order valence-corrected chi connectivity index (χ3v) is 4.88. The molecule has 2 rings (SSSR count). The Bertz CT molecular complexity index is 232. The third-order valence-electron chi connectivity index (χ3n) is 4.88. The fraction of sp³-hybridized carbons (Fsp3) is 1.00. The third kappa shape index (κ3) is 3.45. The van der Waals surface area contributed by atoms with Crippen LogP contribution in [-0.4, -0.2) is 36.2 Å². The van der Waals surface area contributed by atoms with Gasteiger partial charge in [-0.25, -0.2) is 0 Å². The maximum Gasteiger partial charge on any atom is 0.0483 e. The fourth-order valence-electron chi connectivity index (χ4n) is 3.52. The number of rotatable bonds is 3. The predicted octanol–water partition coefficient (Wildman–Crippen LogP) is 2.76. The summed E-state index contributed by atoms with van der Waals surface area (Å²) in [5.41, 5.74) is 0.504. The summed E-state index contributed by atoms with van der Waals surface area (Å²) < 4.78 is 0. The molecule has 0 aromatic carbocycles. The van der Waals surface area contributed by atoms with Crippen LogP contribution in [0.1, 0.15) is 46.5 Å². The van der Waals surface area contributed by atoms with Crippen LogP contribution in [0.4, 0.5) is 0 Å². The predicted molar refractivity (Wildman–Crippen MR) is 71.9 cm³/mol. The molecule has 0 aromatic heterocycles. The smallest absolute Gasteiger partial charge is 0.0483 e. The van der Waals surface area contributed by atoms with Crippen LogP contribution in [0.3, 0.4) is 0 Å². The van der Waals surface area contributed by atoms with E-state index >= 15 is 0 Å². The van der Waals surface area contributed by atoms with Crippen LogP contribution in [-0.2, 0) is 0 Å². The van der Waals surface area contributed by atoms with E-state index in [1.165, 1.54) is 32.2 Å². The quantitative estimate of drug-likeness (QED) is 0.818. The van der Waals surface area contributed by atoms with Crippen LogP contribution >= 0.6 is 0 Å². The SMILES string of the molecule is CC(C)(C)C1CCC(CN2CC(CO)C2)CC1. The Labute approximate surface area is 106 Å². The molecule has 2 aliphatic rings. The van der Waals surface area contributed by atoms with Gasteiger partial charge in [0.05, 0.1) is 0 Å². The molecule has 100 valence electrons. The standard InChI is InChI=1S/C15H29NO/c1-15(2,3)14-6-4-12(5-7-14)8-16-9-13(10-16)11-17/h12-14,17H,4-11H2,1-3H3. The Morgan fingerprint density at radius 2 is 1.59 bits per heavy atom. The van der Waals surface area contributed by atoms with Gasteiger partial charge in [0, 0.05) is 32.2 Å². The lowest BCUT2D eigenvalue weighted by Crippen LogP contribution is -2.50. The zero-order valence-electron chi connectivity index (χ0n) is 11.8. The van der Waals surface area contributed by atoms with Crippen molar-refractivity contribution in [1.29, 1.82) is 0 Å². The highest BCUT2D eigenvalue weighted by molar-refractivity contribution is 4.85. The minimum absolute atomic E-state index is 0.382. The number of hydrogen-bond acceptors (Lipinski definition) is 2. The number of aliphatic hydroxyl groups is 1. The molecule has 0 bridgehead atoms. The van der Waals surface area contributed by atoms with Gasteiger partial charge in [-0.15, -0.1) is 0 Å². The maximum atomic E-state index is 9.01. The highest BCUT2D eigenvalue weighted by Gasteiger charge is 2.32. The average molecular weight is 239 g/mol. The summed E-state index contributed by atoms with van der Waals surface area (Å²) in [5, 5.41) is 9.01. The van der Waals surface area contributed by atoms with Gasteiger partial charge >= 0.3 is 0 Å². The van der Waals surface area contributed by atoms with Crippen molar-refractivity contribution in [2.24, 2.45) is 23.2 Å². The first kappa shape index (κ1) is 13.4. The lowest BCUT2D eigenvalue weighted by Gasteiger charge is -2.43. The number of aliphatic hydroxyl groups excluding tert-OH is 1. The largest absolute Gasteiger partial charge is 0.396 e. The Morgan fingerprint density at radius 1 is 1.00 bits per heavy atom. The zero-order chi connectivity index (χ0) is 12.5. The number of hydrogen-bond donors (Lipinski definition) is 1. The van der Waals surface area contributed by atoms with Crippen LogP contribution in [0, 0.1) is 23.2 Å². The van der Waals surface area contributed by atoms with Gasteiger partial charge in [-0.1, -0.05) is 20.8 Å². The van der Waals surface area contributed by atoms with Crippen LogP contribution in [0.2, 0.25) is 0 Å². The zero-order valence-corrected chi connectivity index (χ0v) is 11.8. The topological polar surface area (TPSA) is 23.5 Å². The van der Waals surface area contributed by atoms with Crippen LogP contribution < -0.4 is 0 Å². The molecule has 0 atom stereocenters. The van der Waals surface area contributed by atoms with E-state index in [1.807, 2.05) is 0 Å². The summed E-state index contributed by atoms with van der Waals surface area (Å²) in [6.45, 7) is 11.1. The minimum Gasteiger partial charge on any atom is -0.396 e. The van der Waals surface area contributed by atoms with Gasteiger partial charge in [0.15, 0.2) is 0 Å². The van der Waals surface area contributed by atoms with Gasteiger partial charge in [0.1, 0.15) is 0 Å². The molecule has 1 saturated carbocycles. The monoisotopic (exact) mass is 239 g/mol. The fourth-order valence-corrected chi connectivity index (χ4v) is 3.52. The molecule has 0 spiro atoms. The van der Waals surface area contributed by atoms with Crippen LogP contribution in [0.15, 0.2) is 0 Å². The lowest BCUT2D eigenvalue weighted by molar-refractivity contribution is 0.0296. The summed E-state index contributed by atoms with van der Waals surface area (Å²) in [6.07, 6.45) is 5.68. The minimum atomic E-state index is 0.382. The maximum absolute atomic E-state index is 9.01. The van der Waals surface area contributed by atoms with E-state index < -0.39 is 0 Å². The van der Waals surface area contributed by atoms with Gasteiger partial charge in [0.25, 0.3) is 0 Å². The summed E-state index contributed by atoms with van der Waals surface area (Å²) in [6, 6.07) is 0. The molecule has 0 amide bonds. The van der Waals surface area contributed by atoms with Crippen molar-refractivity contribution in [1.82, 2.24) is 4.90 Å². The second-order valence-corrected chi connectivity index (χ2v) is 7.35. The molecular formula is C15H29NO. The molecule has 1 aliphatic heterocycles. The molecule has 1 aliphatic carbocycles. The Hall–Kier alpha value is -0.0800. The molecule has 0 aromatic rings. The first-order valence-electron chi connectivity index (χ1n) is 7.32. The molecule has 1 N–H and O–H groups in total. The van der Waals surface area contributed by atoms with E-state index in [-0.39, 0.29) is 0 Å². The van der Waals surface area contributed by atoms with E-state index in [4.69, 9.17) is 5.11 Å². The van der Waals surface area contributed by atoms with E-state index in [0.29, 0.717) is 17.9 Å². The van der Waals surface area contributed by atoms with E-state index in [2.05, 4.69) is 25.7 Å². The summed E-state index contributed by atoms with van der Waals surface area (Å²) in [5.74, 6) is 2.43. The summed E-state index contributed by atoms with van der Waals surface area (Å²) in [7, 11) is 0. The Balaban J connectivity index is 1.66. The molecule has 0 radical (unpaired) electrons. The van der Waals surface area contributed by atoms with Crippen LogP contribution in [0.25, 0.3) is 0 Å². The lowest BCUT2D eigenvalue weighted by atomic mass is 9.69. The molecule has 2 heteroatoms. The Kier molecular flexibility index (Phi) is 4.14. The van der Waals surface area contributed by atoms with Crippen molar-refractivity contribution in [3.63, 3.8) is 0 Å². The van der Waals surface area contributed by atoms with Crippen molar-refractivity contribution in [3.05, 3.63) is 0 Å². The van der Waals surface area contributed by atoms with Gasteiger partial charge in [-0.3, -0.25) is 0 Å². The molecule has 1 saturated heterocycles. The van der Waals surface area contributed by atoms with Gasteiger partial charge < -0.3 is 10.0 Å². The average Bonchev–Trinajstić information content (AvgIpc) is 2.22. The second kappa shape index (κ2) is 5.27. The molecule has 0 unspecified atom stereocenters. The number of nitrogens with zero attached hydrogens (tertiary/aromatic N) is 1. The highest BCUT2D eigenvalue weighted by atomic mass is 16.3. The highest BCUT2D eigenvalue weighted by Crippen LogP contribution is 2.40. The van der Waals surface area contributed by atoms with Gasteiger partial charge in [-0.2, -0.15) is 0 Å². The van der Waals surface area contributed by atoms with E-state index in [9.17, 15) is 0 Å². The van der Waals surface area contributed by atoms with Crippen molar-refractivity contribution >= 4 is 0 Å². The van der Waals surface area contributed by atoms with Gasteiger partial charge in [-0.05, 0) is 42.9 Å². The molecular weight excluding hydrogens is 210 g/mol. The molecule has 2 nitrogen and oxygen atoms in total. The van der Waals surface area contributed by atoms with Crippen molar-refractivity contribution in [2.45, 2.75) is 46.5 Å². The second-order valence-electron chi connectivity index (χ2n) is 7.35. The van der Waals surface area contributed by atoms with Crippen LogP contribution in [0.5, 0.6) is 0 Å². The van der Waals surface area contributed by atoms with E-state index in [1.54, 1.807) is 0 Å². The van der Waals surface area contributed by atoms with Crippen molar-refractivity contribution in [2.75, 3.05) is 26.2 Å². The number of likely N-dealkylation sites (tertiary alicyclic amines) is 1. The van der Waals surface area contributed by atoms with Crippen molar-refractivity contribution < 1.29 is 5.11 Å². The summed E-state index contributed by atoms with van der Waals surface area (Å²) in [4.78, 5) is 2.53. The van der Waals surface area contributed by atoms with E-state index in [0.717, 1.165) is 24.9 Å². The molecule has 17 heavy (non-hydrogen) atoms. The van der Waals surface area contributed by atoms with Crippen molar-refractivity contribution in [3.8, 4) is 0 Å². The summed E-state index contributed by atoms with van der Waals surface area (Å²) >= 11 is 0. The normalized spacial score (nSPS) is 32.5. The first-order chi connectivity index (χ1) is 7.99. The van der Waals surface area contributed by atoms with Gasteiger partial charge in [0.2, 0.25) is 0 Å². The molecule has 2 fully saturated rings. The Morgan fingerprint density at radius 3 is 2.06 bits per heavy atom. The first-order valence-corrected chi connectivity index (χ1v) is 7.32.